The lowest BCUT2D eigenvalue weighted by molar-refractivity contribution is 0.112. The van der Waals surface area contributed by atoms with Gasteiger partial charge in [0, 0.05) is 11.3 Å². The van der Waals surface area contributed by atoms with Crippen molar-refractivity contribution in [2.24, 2.45) is 0 Å². The summed E-state index contributed by atoms with van der Waals surface area (Å²) in [5, 5.41) is 0.833. The van der Waals surface area contributed by atoms with Gasteiger partial charge < -0.3 is 9.72 Å². The molecule has 1 aromatic heterocycles. The molecular weight excluding hydrogens is 258 g/mol. The molecule has 4 heteroatoms. The van der Waals surface area contributed by atoms with Gasteiger partial charge in [0.2, 0.25) is 0 Å². The Hall–Kier alpha value is -1.29. The SMILES string of the molecule is COc1c(Br)ccc2[nH]c(C)c(C=O)c12. The third-order valence-electron chi connectivity index (χ3n) is 2.43. The Morgan fingerprint density at radius 3 is 2.80 bits per heavy atom. The van der Waals surface area contributed by atoms with Crippen molar-refractivity contribution in [1.82, 2.24) is 4.98 Å². The third kappa shape index (κ3) is 1.45. The number of fused-ring (bicyclic) bond motifs is 1. The zero-order valence-electron chi connectivity index (χ0n) is 8.43. The van der Waals surface area contributed by atoms with Crippen molar-refractivity contribution in [2.45, 2.75) is 6.92 Å². The van der Waals surface area contributed by atoms with Crippen LogP contribution in [0, 0.1) is 6.92 Å². The van der Waals surface area contributed by atoms with Crippen LogP contribution in [0.4, 0.5) is 0 Å². The Bertz CT molecular complexity index is 531. The molecular formula is C11H10BrNO2. The summed E-state index contributed by atoms with van der Waals surface area (Å²) in [4.78, 5) is 14.1. The van der Waals surface area contributed by atoms with E-state index in [0.717, 1.165) is 27.4 Å². The van der Waals surface area contributed by atoms with E-state index in [-0.39, 0.29) is 0 Å². The molecule has 0 spiro atoms. The fourth-order valence-electron chi connectivity index (χ4n) is 1.73. The fraction of sp³-hybridized carbons (Fsp3) is 0.182. The highest BCUT2D eigenvalue weighted by Gasteiger charge is 2.14. The van der Waals surface area contributed by atoms with Gasteiger partial charge in [0.1, 0.15) is 5.75 Å². The molecule has 2 aromatic rings. The number of hydrogen-bond donors (Lipinski definition) is 1. The van der Waals surface area contributed by atoms with Crippen LogP contribution in [0.3, 0.4) is 0 Å². The number of ether oxygens (including phenoxy) is 1. The number of carbonyl (C=O) groups is 1. The minimum absolute atomic E-state index is 0.656. The number of halogens is 1. The normalized spacial score (nSPS) is 10.6. The summed E-state index contributed by atoms with van der Waals surface area (Å²) in [5.41, 5.74) is 2.43. The Morgan fingerprint density at radius 1 is 1.47 bits per heavy atom. The van der Waals surface area contributed by atoms with Crippen molar-refractivity contribution in [3.05, 3.63) is 27.9 Å². The predicted molar refractivity (Wildman–Crippen MR) is 62.7 cm³/mol. The molecule has 1 N–H and O–H groups in total. The average molecular weight is 268 g/mol. The number of H-pyrrole nitrogens is 1. The van der Waals surface area contributed by atoms with Crippen molar-refractivity contribution in [3.63, 3.8) is 0 Å². The maximum absolute atomic E-state index is 11.0. The topological polar surface area (TPSA) is 42.1 Å². The van der Waals surface area contributed by atoms with Crippen molar-refractivity contribution in [1.29, 1.82) is 0 Å². The fourth-order valence-corrected chi connectivity index (χ4v) is 2.22. The number of methoxy groups -OCH3 is 1. The van der Waals surface area contributed by atoms with E-state index in [1.54, 1.807) is 7.11 Å². The van der Waals surface area contributed by atoms with Crippen LogP contribution in [0.1, 0.15) is 16.1 Å². The van der Waals surface area contributed by atoms with Crippen LogP contribution in [0.25, 0.3) is 10.9 Å². The number of nitrogens with one attached hydrogen (secondary N) is 1. The highest BCUT2D eigenvalue weighted by Crippen LogP contribution is 2.36. The standard InChI is InChI=1S/C11H10BrNO2/c1-6-7(5-14)10-9(13-6)4-3-8(12)11(10)15-2/h3-5,13H,1-2H3. The summed E-state index contributed by atoms with van der Waals surface area (Å²) in [7, 11) is 1.59. The second-order valence-electron chi connectivity index (χ2n) is 3.28. The Kier molecular flexibility index (Phi) is 2.52. The van der Waals surface area contributed by atoms with Crippen molar-refractivity contribution in [2.75, 3.05) is 7.11 Å². The monoisotopic (exact) mass is 267 g/mol. The summed E-state index contributed by atoms with van der Waals surface area (Å²) < 4.78 is 6.14. The highest BCUT2D eigenvalue weighted by atomic mass is 79.9. The molecule has 0 atom stereocenters. The van der Waals surface area contributed by atoms with E-state index >= 15 is 0 Å². The number of aromatic nitrogens is 1. The number of aryl methyl sites for hydroxylation is 1. The van der Waals surface area contributed by atoms with Crippen LogP contribution in [-0.2, 0) is 0 Å². The van der Waals surface area contributed by atoms with E-state index in [1.807, 2.05) is 19.1 Å². The first-order valence-electron chi connectivity index (χ1n) is 4.49. The maximum atomic E-state index is 11.0. The molecule has 0 fully saturated rings. The molecule has 0 aliphatic carbocycles. The van der Waals surface area contributed by atoms with E-state index in [9.17, 15) is 4.79 Å². The quantitative estimate of drug-likeness (QED) is 0.850. The van der Waals surface area contributed by atoms with Crippen LogP contribution in [0.5, 0.6) is 5.75 Å². The molecule has 78 valence electrons. The van der Waals surface area contributed by atoms with Gasteiger partial charge in [0.15, 0.2) is 6.29 Å². The molecule has 1 aromatic carbocycles. The molecule has 0 radical (unpaired) electrons. The van der Waals surface area contributed by atoms with E-state index in [1.165, 1.54) is 0 Å². The van der Waals surface area contributed by atoms with E-state index in [0.29, 0.717) is 11.3 Å². The number of carbonyl (C=O) groups excluding carboxylic acids is 1. The summed E-state index contributed by atoms with van der Waals surface area (Å²) in [5.74, 6) is 0.693. The van der Waals surface area contributed by atoms with Crippen LogP contribution >= 0.6 is 15.9 Å². The first-order chi connectivity index (χ1) is 7.19. The van der Waals surface area contributed by atoms with Crippen LogP contribution in [0.15, 0.2) is 16.6 Å². The zero-order valence-corrected chi connectivity index (χ0v) is 10.0. The molecule has 1 heterocycles. The van der Waals surface area contributed by atoms with Crippen LogP contribution < -0.4 is 4.74 Å². The van der Waals surface area contributed by atoms with Gasteiger partial charge in [-0.3, -0.25) is 4.79 Å². The number of benzene rings is 1. The smallest absolute Gasteiger partial charge is 0.152 e. The summed E-state index contributed by atoms with van der Waals surface area (Å²) >= 11 is 3.40. The second kappa shape index (κ2) is 3.70. The van der Waals surface area contributed by atoms with Gasteiger partial charge >= 0.3 is 0 Å². The predicted octanol–water partition coefficient (Wildman–Crippen LogP) is 3.06. The minimum atomic E-state index is 0.656. The number of hydrogen-bond acceptors (Lipinski definition) is 2. The lowest BCUT2D eigenvalue weighted by atomic mass is 10.1. The van der Waals surface area contributed by atoms with Gasteiger partial charge in [-0.2, -0.15) is 0 Å². The van der Waals surface area contributed by atoms with Gasteiger partial charge in [-0.05, 0) is 35.0 Å². The molecule has 0 amide bonds. The van der Waals surface area contributed by atoms with Gasteiger partial charge in [-0.1, -0.05) is 0 Å². The third-order valence-corrected chi connectivity index (χ3v) is 3.05. The van der Waals surface area contributed by atoms with E-state index in [4.69, 9.17) is 4.74 Å². The lowest BCUT2D eigenvalue weighted by Crippen LogP contribution is -1.88. The molecule has 0 saturated carbocycles. The summed E-state index contributed by atoms with van der Waals surface area (Å²) in [6.45, 7) is 1.87. The lowest BCUT2D eigenvalue weighted by Gasteiger charge is -2.04. The second-order valence-corrected chi connectivity index (χ2v) is 4.14. The Labute approximate surface area is 95.6 Å². The molecule has 0 bridgehead atoms. The van der Waals surface area contributed by atoms with Crippen molar-refractivity contribution >= 4 is 33.1 Å². The maximum Gasteiger partial charge on any atom is 0.152 e. The van der Waals surface area contributed by atoms with Gasteiger partial charge in [-0.25, -0.2) is 0 Å². The average Bonchev–Trinajstić information content (AvgIpc) is 2.54. The number of aromatic amines is 1. The number of rotatable bonds is 2. The Balaban J connectivity index is 2.93. The minimum Gasteiger partial charge on any atom is -0.495 e. The van der Waals surface area contributed by atoms with Crippen molar-refractivity contribution in [3.8, 4) is 5.75 Å². The zero-order chi connectivity index (χ0) is 11.0. The van der Waals surface area contributed by atoms with Crippen molar-refractivity contribution < 1.29 is 9.53 Å². The van der Waals surface area contributed by atoms with Crippen LogP contribution in [-0.4, -0.2) is 18.4 Å². The molecule has 0 aliphatic heterocycles. The summed E-state index contributed by atoms with van der Waals surface area (Å²) in [6.07, 6.45) is 0.850. The van der Waals surface area contributed by atoms with Gasteiger partial charge in [0.05, 0.1) is 22.5 Å². The van der Waals surface area contributed by atoms with Crippen LogP contribution in [0.2, 0.25) is 0 Å². The first kappa shape index (κ1) is 10.2. The molecule has 0 saturated heterocycles. The number of aldehydes is 1. The largest absolute Gasteiger partial charge is 0.495 e. The molecule has 2 rings (SSSR count). The molecule has 0 aliphatic rings. The van der Waals surface area contributed by atoms with E-state index in [2.05, 4.69) is 20.9 Å². The highest BCUT2D eigenvalue weighted by molar-refractivity contribution is 9.10. The Morgan fingerprint density at radius 2 is 2.20 bits per heavy atom. The van der Waals surface area contributed by atoms with Gasteiger partial charge in [-0.15, -0.1) is 0 Å². The van der Waals surface area contributed by atoms with Gasteiger partial charge in [0.25, 0.3) is 0 Å². The summed E-state index contributed by atoms with van der Waals surface area (Å²) in [6, 6.07) is 3.81. The van der Waals surface area contributed by atoms with E-state index < -0.39 is 0 Å². The first-order valence-corrected chi connectivity index (χ1v) is 5.28. The molecule has 0 unspecified atom stereocenters. The molecule has 15 heavy (non-hydrogen) atoms. The molecule has 3 nitrogen and oxygen atoms in total.